The van der Waals surface area contributed by atoms with Crippen molar-refractivity contribution in [1.82, 2.24) is 5.32 Å². The van der Waals surface area contributed by atoms with Crippen LogP contribution in [-0.4, -0.2) is 34.5 Å². The fourth-order valence-electron chi connectivity index (χ4n) is 1.36. The summed E-state index contributed by atoms with van der Waals surface area (Å²) in [6.45, 7) is 8.92. The van der Waals surface area contributed by atoms with Crippen molar-refractivity contribution in [3.8, 4) is 0 Å². The van der Waals surface area contributed by atoms with Crippen molar-refractivity contribution in [1.29, 1.82) is 0 Å². The van der Waals surface area contributed by atoms with E-state index in [9.17, 15) is 0 Å². The van der Waals surface area contributed by atoms with Crippen LogP contribution in [-0.2, 0) is 0 Å². The van der Waals surface area contributed by atoms with Gasteiger partial charge in [0.25, 0.3) is 0 Å². The van der Waals surface area contributed by atoms with Crippen LogP contribution in [0.5, 0.6) is 0 Å². The van der Waals surface area contributed by atoms with Gasteiger partial charge >= 0.3 is 0 Å². The molecule has 0 fully saturated rings. The number of nitrogens with zero attached hydrogens (tertiary/aromatic N) is 1. The number of hydrogen-bond donors (Lipinski definition) is 1. The van der Waals surface area contributed by atoms with Crippen molar-refractivity contribution in [3.63, 3.8) is 0 Å². The van der Waals surface area contributed by atoms with Gasteiger partial charge in [-0.25, -0.2) is 0 Å². The molecule has 2 nitrogen and oxygen atoms in total. The van der Waals surface area contributed by atoms with E-state index < -0.39 is 0 Å². The van der Waals surface area contributed by atoms with Gasteiger partial charge in [-0.1, -0.05) is 32.5 Å². The second-order valence-corrected chi connectivity index (χ2v) is 6.59. The van der Waals surface area contributed by atoms with E-state index in [0.717, 1.165) is 10.9 Å². The molecule has 1 aliphatic rings. The summed E-state index contributed by atoms with van der Waals surface area (Å²) in [6.07, 6.45) is 0. The van der Waals surface area contributed by atoms with Crippen molar-refractivity contribution >= 4 is 28.7 Å². The van der Waals surface area contributed by atoms with Gasteiger partial charge in [-0.05, 0) is 18.6 Å². The molecule has 0 aliphatic carbocycles. The standard InChI is InChI=1S/C11H22N2S2/c1-5-14-6-9(4)12-11-13-10(7-15-11)8(2)3/h8-10H,5-7H2,1-4H3,(H,12,13)/t9?,10-/m1/s1. The largest absolute Gasteiger partial charge is 0.362 e. The number of aliphatic imine (C=N–C) groups is 1. The van der Waals surface area contributed by atoms with Crippen LogP contribution < -0.4 is 5.32 Å². The Morgan fingerprint density at radius 1 is 1.53 bits per heavy atom. The van der Waals surface area contributed by atoms with Gasteiger partial charge in [-0.3, -0.25) is 4.99 Å². The number of amidine groups is 1. The molecule has 0 aromatic rings. The molecule has 0 spiro atoms. The maximum Gasteiger partial charge on any atom is 0.157 e. The zero-order valence-corrected chi connectivity index (χ0v) is 11.8. The van der Waals surface area contributed by atoms with Crippen molar-refractivity contribution in [3.05, 3.63) is 0 Å². The van der Waals surface area contributed by atoms with Crippen LogP contribution in [0.15, 0.2) is 4.99 Å². The predicted molar refractivity (Wildman–Crippen MR) is 74.1 cm³/mol. The normalized spacial score (nSPS) is 23.0. The average Bonchev–Trinajstić information content (AvgIpc) is 2.63. The maximum atomic E-state index is 4.69. The van der Waals surface area contributed by atoms with E-state index in [1.165, 1.54) is 11.5 Å². The highest BCUT2D eigenvalue weighted by Crippen LogP contribution is 2.22. The molecule has 1 unspecified atom stereocenters. The summed E-state index contributed by atoms with van der Waals surface area (Å²) < 4.78 is 0. The average molecular weight is 246 g/mol. The Morgan fingerprint density at radius 3 is 2.80 bits per heavy atom. The highest BCUT2D eigenvalue weighted by molar-refractivity contribution is 8.14. The number of thioether (sulfide) groups is 2. The molecule has 0 aromatic heterocycles. The molecule has 0 radical (unpaired) electrons. The summed E-state index contributed by atoms with van der Waals surface area (Å²) >= 11 is 3.85. The van der Waals surface area contributed by atoms with E-state index in [1.807, 2.05) is 23.5 Å². The molecule has 1 rings (SSSR count). The number of hydrogen-bond acceptors (Lipinski definition) is 4. The second-order valence-electron chi connectivity index (χ2n) is 4.26. The lowest BCUT2D eigenvalue weighted by Crippen LogP contribution is -2.31. The fourth-order valence-corrected chi connectivity index (χ4v) is 3.31. The van der Waals surface area contributed by atoms with Crippen LogP contribution in [0.2, 0.25) is 0 Å². The van der Waals surface area contributed by atoms with Gasteiger partial charge in [0.2, 0.25) is 0 Å². The van der Waals surface area contributed by atoms with Gasteiger partial charge < -0.3 is 5.32 Å². The first kappa shape index (κ1) is 13.2. The Balaban J connectivity index is 2.30. The predicted octanol–water partition coefficient (Wildman–Crippen LogP) is 2.85. The highest BCUT2D eigenvalue weighted by atomic mass is 32.2. The van der Waals surface area contributed by atoms with Crippen LogP contribution in [0, 0.1) is 5.92 Å². The highest BCUT2D eigenvalue weighted by Gasteiger charge is 2.21. The molecule has 1 aliphatic heterocycles. The van der Waals surface area contributed by atoms with Crippen LogP contribution in [0.25, 0.3) is 0 Å². The molecule has 2 atom stereocenters. The summed E-state index contributed by atoms with van der Waals surface area (Å²) in [5, 5.41) is 4.64. The lowest BCUT2D eigenvalue weighted by Gasteiger charge is -2.13. The molecule has 0 saturated carbocycles. The summed E-state index contributed by atoms with van der Waals surface area (Å²) in [5.74, 6) is 4.17. The Morgan fingerprint density at radius 2 is 2.27 bits per heavy atom. The van der Waals surface area contributed by atoms with E-state index in [1.54, 1.807) is 0 Å². The van der Waals surface area contributed by atoms with Gasteiger partial charge in [0.15, 0.2) is 5.17 Å². The third-order valence-corrected chi connectivity index (χ3v) is 4.53. The maximum absolute atomic E-state index is 4.69. The second kappa shape index (κ2) is 6.69. The summed E-state index contributed by atoms with van der Waals surface area (Å²) in [4.78, 5) is 4.69. The Bertz CT molecular complexity index is 217. The molecule has 0 bridgehead atoms. The molecular formula is C11H22N2S2. The third kappa shape index (κ3) is 4.68. The first-order valence-electron chi connectivity index (χ1n) is 5.68. The molecule has 0 saturated heterocycles. The smallest absolute Gasteiger partial charge is 0.157 e. The Kier molecular flexibility index (Phi) is 5.90. The SMILES string of the molecule is CCSCC(C)NC1=N[C@@H](C(C)C)CS1. The fraction of sp³-hybridized carbons (Fsp3) is 0.909. The molecule has 1 heterocycles. The zero-order valence-electron chi connectivity index (χ0n) is 10.1. The van der Waals surface area contributed by atoms with E-state index in [-0.39, 0.29) is 0 Å². The minimum absolute atomic E-state index is 0.517. The van der Waals surface area contributed by atoms with E-state index in [2.05, 4.69) is 33.0 Å². The van der Waals surface area contributed by atoms with Crippen molar-refractivity contribution in [2.75, 3.05) is 17.3 Å². The molecule has 88 valence electrons. The monoisotopic (exact) mass is 246 g/mol. The first-order valence-corrected chi connectivity index (χ1v) is 7.82. The van der Waals surface area contributed by atoms with E-state index in [4.69, 9.17) is 4.99 Å². The minimum Gasteiger partial charge on any atom is -0.362 e. The minimum atomic E-state index is 0.517. The third-order valence-electron chi connectivity index (χ3n) is 2.39. The van der Waals surface area contributed by atoms with Gasteiger partial charge in [-0.2, -0.15) is 11.8 Å². The number of rotatable bonds is 5. The summed E-state index contributed by atoms with van der Waals surface area (Å²) in [5.41, 5.74) is 0. The molecular weight excluding hydrogens is 224 g/mol. The van der Waals surface area contributed by atoms with Crippen LogP contribution >= 0.6 is 23.5 Å². The van der Waals surface area contributed by atoms with Crippen molar-refractivity contribution in [2.24, 2.45) is 10.9 Å². The molecule has 0 aromatic carbocycles. The topological polar surface area (TPSA) is 24.4 Å². The van der Waals surface area contributed by atoms with Crippen LogP contribution in [0.4, 0.5) is 0 Å². The van der Waals surface area contributed by atoms with Crippen molar-refractivity contribution in [2.45, 2.75) is 39.8 Å². The lowest BCUT2D eigenvalue weighted by molar-refractivity contribution is 0.541. The van der Waals surface area contributed by atoms with Gasteiger partial charge in [0, 0.05) is 17.5 Å². The molecule has 4 heteroatoms. The lowest BCUT2D eigenvalue weighted by atomic mass is 10.1. The Labute approximate surface area is 102 Å². The van der Waals surface area contributed by atoms with Crippen molar-refractivity contribution < 1.29 is 0 Å². The van der Waals surface area contributed by atoms with E-state index >= 15 is 0 Å². The van der Waals surface area contributed by atoms with E-state index in [0.29, 0.717) is 18.0 Å². The quantitative estimate of drug-likeness (QED) is 0.807. The molecule has 15 heavy (non-hydrogen) atoms. The van der Waals surface area contributed by atoms with Gasteiger partial charge in [0.05, 0.1) is 6.04 Å². The van der Waals surface area contributed by atoms with Crippen LogP contribution in [0.1, 0.15) is 27.7 Å². The van der Waals surface area contributed by atoms with Crippen LogP contribution in [0.3, 0.4) is 0 Å². The summed E-state index contributed by atoms with van der Waals surface area (Å²) in [7, 11) is 0. The molecule has 0 amide bonds. The number of nitrogens with one attached hydrogen (secondary N) is 1. The molecule has 1 N–H and O–H groups in total. The van der Waals surface area contributed by atoms with Gasteiger partial charge in [-0.15, -0.1) is 0 Å². The first-order chi connectivity index (χ1) is 7.13. The Hall–Kier alpha value is 0.170. The van der Waals surface area contributed by atoms with Gasteiger partial charge in [0.1, 0.15) is 0 Å². The zero-order chi connectivity index (χ0) is 11.3. The summed E-state index contributed by atoms with van der Waals surface area (Å²) in [6, 6.07) is 1.05.